The highest BCUT2D eigenvalue weighted by Gasteiger charge is 2.42. The predicted molar refractivity (Wildman–Crippen MR) is 142 cm³/mol. The van der Waals surface area contributed by atoms with E-state index in [1.54, 1.807) is 31.6 Å². The van der Waals surface area contributed by atoms with E-state index in [9.17, 15) is 4.79 Å². The fraction of sp³-hybridized carbons (Fsp3) is 0.407. The van der Waals surface area contributed by atoms with Crippen molar-refractivity contribution in [1.29, 1.82) is 0 Å². The minimum Gasteiger partial charge on any atom is -0.369 e. The first-order chi connectivity index (χ1) is 17.9. The number of carbonyl (C=O) groups is 1. The van der Waals surface area contributed by atoms with Gasteiger partial charge in [0, 0.05) is 61.8 Å². The number of aromatic nitrogens is 2. The van der Waals surface area contributed by atoms with Gasteiger partial charge >= 0.3 is 0 Å². The standard InChI is InChI=1S/C27H30Cl2N4O4/c1-20(34)32-10-12-33(13-11-32)23-5-2-21(3-6-23)15-35-24-16-36-27(37-17-24,18-31-9-8-30-19-31)25-7-4-22(28)14-26(25)29/h2-9,14,19,24H,10-13,15-18H2,1H3/t24-,27+. The van der Waals surface area contributed by atoms with Crippen LogP contribution in [0.3, 0.4) is 0 Å². The van der Waals surface area contributed by atoms with Gasteiger partial charge in [0.1, 0.15) is 6.10 Å². The second-order valence-electron chi connectivity index (χ2n) is 9.33. The van der Waals surface area contributed by atoms with Crippen molar-refractivity contribution in [3.63, 3.8) is 0 Å². The summed E-state index contributed by atoms with van der Waals surface area (Å²) in [5.74, 6) is -0.936. The molecule has 10 heteroatoms. The first-order valence-electron chi connectivity index (χ1n) is 12.3. The number of rotatable bonds is 7. The Bertz CT molecular complexity index is 1190. The number of imidazole rings is 1. The molecule has 3 heterocycles. The van der Waals surface area contributed by atoms with Crippen molar-refractivity contribution in [3.8, 4) is 0 Å². The molecule has 3 aromatic rings. The Morgan fingerprint density at radius 1 is 1.08 bits per heavy atom. The summed E-state index contributed by atoms with van der Waals surface area (Å²) in [6.07, 6.45) is 5.06. The van der Waals surface area contributed by atoms with Crippen LogP contribution >= 0.6 is 23.2 Å². The van der Waals surface area contributed by atoms with Crippen LogP contribution in [0.25, 0.3) is 0 Å². The van der Waals surface area contributed by atoms with E-state index in [-0.39, 0.29) is 12.0 Å². The fourth-order valence-electron chi connectivity index (χ4n) is 4.69. The Kier molecular flexibility index (Phi) is 8.02. The number of piperazine rings is 1. The zero-order valence-electron chi connectivity index (χ0n) is 20.7. The van der Waals surface area contributed by atoms with Gasteiger partial charge in [0.05, 0.1) is 37.7 Å². The maximum absolute atomic E-state index is 11.6. The minimum atomic E-state index is -1.07. The smallest absolute Gasteiger partial charge is 0.219 e. The van der Waals surface area contributed by atoms with Gasteiger partial charge < -0.3 is 28.6 Å². The first-order valence-corrected chi connectivity index (χ1v) is 13.1. The fourth-order valence-corrected chi connectivity index (χ4v) is 5.24. The predicted octanol–water partition coefficient (Wildman–Crippen LogP) is 4.34. The summed E-state index contributed by atoms with van der Waals surface area (Å²) in [6.45, 7) is 6.36. The summed E-state index contributed by atoms with van der Waals surface area (Å²) in [4.78, 5) is 19.9. The van der Waals surface area contributed by atoms with Gasteiger partial charge in [-0.3, -0.25) is 4.79 Å². The molecule has 0 aliphatic carbocycles. The molecular weight excluding hydrogens is 515 g/mol. The molecule has 1 aromatic heterocycles. The monoisotopic (exact) mass is 544 g/mol. The summed E-state index contributed by atoms with van der Waals surface area (Å²) < 4.78 is 20.6. The molecule has 2 aliphatic heterocycles. The maximum Gasteiger partial charge on any atom is 0.219 e. The first kappa shape index (κ1) is 26.0. The topological polar surface area (TPSA) is 69.1 Å². The Morgan fingerprint density at radius 3 is 2.43 bits per heavy atom. The van der Waals surface area contributed by atoms with Gasteiger partial charge in [0.2, 0.25) is 11.7 Å². The highest BCUT2D eigenvalue weighted by molar-refractivity contribution is 6.35. The summed E-state index contributed by atoms with van der Waals surface area (Å²) in [7, 11) is 0. The van der Waals surface area contributed by atoms with Gasteiger partial charge in [-0.25, -0.2) is 4.98 Å². The molecule has 2 fully saturated rings. The summed E-state index contributed by atoms with van der Waals surface area (Å²) in [6, 6.07) is 13.7. The summed E-state index contributed by atoms with van der Waals surface area (Å²) >= 11 is 12.7. The molecule has 5 rings (SSSR count). The van der Waals surface area contributed by atoms with E-state index < -0.39 is 5.79 Å². The van der Waals surface area contributed by atoms with Gasteiger partial charge in [-0.05, 0) is 29.8 Å². The average Bonchev–Trinajstić information content (AvgIpc) is 3.41. The van der Waals surface area contributed by atoms with Gasteiger partial charge in [-0.2, -0.15) is 0 Å². The van der Waals surface area contributed by atoms with Crippen LogP contribution < -0.4 is 4.90 Å². The summed E-state index contributed by atoms with van der Waals surface area (Å²) in [5, 5.41) is 1.03. The van der Waals surface area contributed by atoms with E-state index in [1.165, 1.54) is 0 Å². The largest absolute Gasteiger partial charge is 0.369 e. The number of halogens is 2. The van der Waals surface area contributed by atoms with Crippen LogP contribution in [-0.4, -0.2) is 65.9 Å². The van der Waals surface area contributed by atoms with Crippen LogP contribution in [0.2, 0.25) is 10.0 Å². The van der Waals surface area contributed by atoms with E-state index in [2.05, 4.69) is 34.1 Å². The van der Waals surface area contributed by atoms with Gasteiger partial charge in [-0.15, -0.1) is 0 Å². The Hall–Kier alpha value is -2.62. The van der Waals surface area contributed by atoms with Crippen molar-refractivity contribution >= 4 is 34.8 Å². The summed E-state index contributed by atoms with van der Waals surface area (Å²) in [5.41, 5.74) is 2.94. The molecule has 2 aliphatic rings. The van der Waals surface area contributed by atoms with Crippen molar-refractivity contribution in [2.75, 3.05) is 44.3 Å². The molecule has 2 aromatic carbocycles. The van der Waals surface area contributed by atoms with Crippen molar-refractivity contribution in [3.05, 3.63) is 82.4 Å². The molecule has 0 bridgehead atoms. The van der Waals surface area contributed by atoms with Crippen molar-refractivity contribution in [2.24, 2.45) is 0 Å². The SMILES string of the molecule is CC(=O)N1CCN(c2ccc(CO[C@H]3CO[C@@](Cn4ccnc4)(c4ccc(Cl)cc4Cl)OC3)cc2)CC1. The number of benzene rings is 2. The number of hydrogen-bond donors (Lipinski definition) is 0. The third kappa shape index (κ3) is 6.10. The molecule has 0 saturated carbocycles. The molecule has 8 nitrogen and oxygen atoms in total. The maximum atomic E-state index is 11.6. The molecule has 0 spiro atoms. The zero-order chi connectivity index (χ0) is 25.8. The van der Waals surface area contributed by atoms with Crippen LogP contribution in [0.15, 0.2) is 61.2 Å². The quantitative estimate of drug-likeness (QED) is 0.440. The van der Waals surface area contributed by atoms with Crippen molar-refractivity contribution in [2.45, 2.75) is 32.0 Å². The van der Waals surface area contributed by atoms with E-state index in [1.807, 2.05) is 21.7 Å². The van der Waals surface area contributed by atoms with Crippen LogP contribution in [0.1, 0.15) is 18.1 Å². The number of hydrogen-bond acceptors (Lipinski definition) is 6. The van der Waals surface area contributed by atoms with Crippen molar-refractivity contribution < 1.29 is 19.0 Å². The number of carbonyl (C=O) groups excluding carboxylic acids is 1. The molecule has 0 atom stereocenters. The van der Waals surface area contributed by atoms with Gasteiger partial charge in [-0.1, -0.05) is 41.4 Å². The Labute approximate surface area is 226 Å². The highest BCUT2D eigenvalue weighted by Crippen LogP contribution is 2.38. The lowest BCUT2D eigenvalue weighted by atomic mass is 10.0. The van der Waals surface area contributed by atoms with E-state index in [0.29, 0.717) is 42.0 Å². The van der Waals surface area contributed by atoms with Crippen LogP contribution in [0.4, 0.5) is 5.69 Å². The molecule has 0 N–H and O–H groups in total. The average molecular weight is 545 g/mol. The number of anilines is 1. The molecule has 37 heavy (non-hydrogen) atoms. The minimum absolute atomic E-state index is 0.137. The van der Waals surface area contributed by atoms with Gasteiger partial charge in [0.15, 0.2) is 0 Å². The Morgan fingerprint density at radius 2 is 1.81 bits per heavy atom. The van der Waals surface area contributed by atoms with Crippen molar-refractivity contribution in [1.82, 2.24) is 14.5 Å². The third-order valence-electron chi connectivity index (χ3n) is 6.81. The number of amides is 1. The van der Waals surface area contributed by atoms with Crippen LogP contribution in [-0.2, 0) is 37.9 Å². The number of ether oxygens (including phenoxy) is 3. The molecule has 0 unspecified atom stereocenters. The molecule has 2 saturated heterocycles. The number of nitrogens with zero attached hydrogens (tertiary/aromatic N) is 4. The second kappa shape index (κ2) is 11.4. The van der Waals surface area contributed by atoms with Crippen LogP contribution in [0.5, 0.6) is 0 Å². The van der Waals surface area contributed by atoms with Gasteiger partial charge in [0.25, 0.3) is 0 Å². The second-order valence-corrected chi connectivity index (χ2v) is 10.2. The lowest BCUT2D eigenvalue weighted by molar-refractivity contribution is -0.313. The lowest BCUT2D eigenvalue weighted by Gasteiger charge is -2.41. The lowest BCUT2D eigenvalue weighted by Crippen LogP contribution is -2.48. The van der Waals surface area contributed by atoms with E-state index >= 15 is 0 Å². The normalized spacial score (nSPS) is 22.3. The van der Waals surface area contributed by atoms with E-state index in [0.717, 1.165) is 37.4 Å². The zero-order valence-corrected chi connectivity index (χ0v) is 22.2. The van der Waals surface area contributed by atoms with E-state index in [4.69, 9.17) is 37.4 Å². The molecule has 196 valence electrons. The molecule has 1 amide bonds. The van der Waals surface area contributed by atoms with Crippen LogP contribution in [0, 0.1) is 0 Å². The molecule has 0 radical (unpaired) electrons. The third-order valence-corrected chi connectivity index (χ3v) is 7.36. The Balaban J connectivity index is 1.18. The highest BCUT2D eigenvalue weighted by atomic mass is 35.5. The molecular formula is C27H30Cl2N4O4.